The van der Waals surface area contributed by atoms with Crippen LogP contribution in [-0.2, 0) is 50.8 Å². The molecule has 12 aromatic heterocycles. The zero-order valence-electron chi connectivity index (χ0n) is 82.2. The van der Waals surface area contributed by atoms with E-state index < -0.39 is 23.4 Å². The number of rotatable bonds is 24. The van der Waals surface area contributed by atoms with Gasteiger partial charge in [-0.25, -0.2) is 48.7 Å². The van der Waals surface area contributed by atoms with Crippen molar-refractivity contribution in [2.45, 2.75) is 143 Å². The normalized spacial score (nSPS) is 13.8. The molecule has 0 radical (unpaired) electrons. The molecule has 19 rings (SSSR count). The lowest BCUT2D eigenvalue weighted by atomic mass is 9.95. The fourth-order valence-electron chi connectivity index (χ4n) is 17.4. The minimum atomic E-state index is -0.644. The molecular formula is C106H116F2N24O7S4. The number of aryl methyl sites for hydroxylation is 2. The van der Waals surface area contributed by atoms with Gasteiger partial charge in [0.1, 0.15) is 65.4 Å². The second kappa shape index (κ2) is 46.6. The molecule has 0 saturated carbocycles. The van der Waals surface area contributed by atoms with Gasteiger partial charge in [-0.05, 0) is 120 Å². The maximum Gasteiger partial charge on any atom is 0.254 e. The van der Waals surface area contributed by atoms with Gasteiger partial charge in [0.15, 0.2) is 11.6 Å². The highest BCUT2D eigenvalue weighted by Crippen LogP contribution is 2.41. The number of nitrogens with zero attached hydrogens (tertiary/aromatic N) is 16. The van der Waals surface area contributed by atoms with Gasteiger partial charge in [-0.2, -0.15) is 54.0 Å². The molecule has 740 valence electrons. The van der Waals surface area contributed by atoms with Crippen molar-refractivity contribution in [3.8, 4) is 45.0 Å². The van der Waals surface area contributed by atoms with Gasteiger partial charge in [0.2, 0.25) is 0 Å². The molecule has 15 heterocycles. The number of amides is 4. The van der Waals surface area contributed by atoms with Crippen LogP contribution in [0.5, 0.6) is 0 Å². The Kier molecular flexibility index (Phi) is 35.0. The summed E-state index contributed by atoms with van der Waals surface area (Å²) < 4.78 is 46.3. The van der Waals surface area contributed by atoms with E-state index in [1.165, 1.54) is 26.7 Å². The van der Waals surface area contributed by atoms with Gasteiger partial charge in [0.05, 0.1) is 116 Å². The molecule has 0 fully saturated rings. The fraction of sp³-hybridized carbons (Fsp3) is 0.283. The predicted octanol–water partition coefficient (Wildman–Crippen LogP) is 18.3. The Hall–Kier alpha value is -14.3. The number of halogens is 2. The molecule has 31 nitrogen and oxygen atoms in total. The summed E-state index contributed by atoms with van der Waals surface area (Å²) in [6.07, 6.45) is 17.3. The highest BCUT2D eigenvalue weighted by Gasteiger charge is 2.36. The Morgan fingerprint density at radius 2 is 0.657 bits per heavy atom. The summed E-state index contributed by atoms with van der Waals surface area (Å²) in [5.74, 6) is 0.638. The van der Waals surface area contributed by atoms with Crippen molar-refractivity contribution in [2.24, 2.45) is 0 Å². The van der Waals surface area contributed by atoms with Crippen LogP contribution in [0.3, 0.4) is 0 Å². The number of ether oxygens (including phenoxy) is 3. The van der Waals surface area contributed by atoms with Crippen LogP contribution < -0.4 is 42.5 Å². The fourth-order valence-corrected chi connectivity index (χ4v) is 17.4. The Morgan fingerprint density at radius 1 is 0.336 bits per heavy atom. The highest BCUT2D eigenvalue weighted by atomic mass is 32.1. The Balaban J connectivity index is 0.000000169. The molecule has 0 aliphatic carbocycles. The van der Waals surface area contributed by atoms with E-state index in [0.717, 1.165) is 158 Å². The maximum absolute atomic E-state index is 14.4. The third kappa shape index (κ3) is 23.9. The molecule has 0 saturated heterocycles. The van der Waals surface area contributed by atoms with Crippen LogP contribution >= 0.6 is 54.0 Å². The first kappa shape index (κ1) is 108. The molecular weight excluding hydrogens is 1890 g/mol. The largest absolute Gasteiger partial charge is 0.369 e. The number of hydrogen-bond donors (Lipinski definition) is 8. The van der Waals surface area contributed by atoms with Gasteiger partial charge in [-0.1, -0.05) is 100 Å². The van der Waals surface area contributed by atoms with Crippen molar-refractivity contribution >= 4 is 144 Å². The van der Waals surface area contributed by atoms with E-state index in [0.29, 0.717) is 90.6 Å². The van der Waals surface area contributed by atoms with Gasteiger partial charge in [0, 0.05) is 205 Å². The second-order valence-electron chi connectivity index (χ2n) is 36.0. The van der Waals surface area contributed by atoms with E-state index in [-0.39, 0.29) is 117 Å². The molecule has 143 heavy (non-hydrogen) atoms. The monoisotopic (exact) mass is 2000 g/mol. The van der Waals surface area contributed by atoms with Crippen molar-refractivity contribution in [1.82, 2.24) is 101 Å². The number of anilines is 4. The Morgan fingerprint density at radius 3 is 1.01 bits per heavy atom. The lowest BCUT2D eigenvalue weighted by Crippen LogP contribution is -2.20. The topological polar surface area (TPSA) is 398 Å². The minimum Gasteiger partial charge on any atom is -0.369 e. The zero-order valence-corrected chi connectivity index (χ0v) is 86.2. The van der Waals surface area contributed by atoms with Crippen LogP contribution in [0.15, 0.2) is 208 Å². The van der Waals surface area contributed by atoms with Gasteiger partial charge < -0.3 is 56.7 Å². The summed E-state index contributed by atoms with van der Waals surface area (Å²) in [7, 11) is 6.24. The average Bonchev–Trinajstić information content (AvgIpc) is 1.78. The number of fused-ring (bicyclic) bond motifs is 7. The van der Waals surface area contributed by atoms with Crippen LogP contribution in [-0.4, -0.2) is 158 Å². The van der Waals surface area contributed by atoms with Crippen LogP contribution in [0.4, 0.5) is 32.1 Å². The van der Waals surface area contributed by atoms with Crippen molar-refractivity contribution in [1.29, 1.82) is 0 Å². The predicted molar refractivity (Wildman–Crippen MR) is 574 cm³/mol. The van der Waals surface area contributed by atoms with Gasteiger partial charge >= 0.3 is 0 Å². The van der Waals surface area contributed by atoms with Crippen molar-refractivity contribution < 1.29 is 42.2 Å². The minimum absolute atomic E-state index is 0. The van der Waals surface area contributed by atoms with E-state index in [1.807, 2.05) is 185 Å². The zero-order chi connectivity index (χ0) is 98.1. The third-order valence-corrected chi connectivity index (χ3v) is 25.0. The molecule has 8 N–H and O–H groups in total. The molecule has 37 heteroatoms. The number of carbonyl (C=O) groups is 4. The number of hydrogen-bond acceptors (Lipinski definition) is 27. The quantitative estimate of drug-likeness (QED) is 0.0278. The SMILES string of the molecule is CNC(=O)c1c(F)cnc2c([C@H](C)CNc3cc(-c4cnc5c(c4)COC5(C)C)ncn3)cccc12.CNC(=O)c1c(F)cnc2c([C@H](C)CNc3cc(-c4cnc5c(c4)COC5(C)C)ncn3)cccc12.CNC(=O)c1cc(C)nc2c([C@H](C)CNc3cc(-c4ccc(C)nc4)ncn3)cccc12.CNC(=O)c1ccnc2c([C@H](C)CNc3cc(-c4cnc5c(c4)COC5(C)C)ncn3)cccc12.S.S.S.S. The van der Waals surface area contributed by atoms with E-state index in [1.54, 1.807) is 51.1 Å². The first-order valence-corrected chi connectivity index (χ1v) is 45.8. The summed E-state index contributed by atoms with van der Waals surface area (Å²) in [5, 5.41) is 26.7. The lowest BCUT2D eigenvalue weighted by Gasteiger charge is -2.17. The lowest BCUT2D eigenvalue weighted by molar-refractivity contribution is -0.0103. The summed E-state index contributed by atoms with van der Waals surface area (Å²) in [6.45, 7) is 28.4. The van der Waals surface area contributed by atoms with Crippen molar-refractivity contribution in [3.63, 3.8) is 0 Å². The maximum atomic E-state index is 14.4. The summed E-state index contributed by atoms with van der Waals surface area (Å²) in [5.41, 5.74) is 21.7. The summed E-state index contributed by atoms with van der Waals surface area (Å²) in [6, 6.07) is 44.3. The van der Waals surface area contributed by atoms with E-state index >= 15 is 0 Å². The summed E-state index contributed by atoms with van der Waals surface area (Å²) >= 11 is 0. The van der Waals surface area contributed by atoms with E-state index in [2.05, 4.69) is 161 Å². The van der Waals surface area contributed by atoms with Crippen molar-refractivity contribution in [2.75, 3.05) is 75.6 Å². The molecule has 0 unspecified atom stereocenters. The Labute approximate surface area is 855 Å². The van der Waals surface area contributed by atoms with Gasteiger partial charge in [-0.3, -0.25) is 59.0 Å². The second-order valence-corrected chi connectivity index (χ2v) is 36.0. The van der Waals surface area contributed by atoms with Gasteiger partial charge in [0.25, 0.3) is 23.6 Å². The molecule has 4 atom stereocenters. The van der Waals surface area contributed by atoms with Crippen LogP contribution in [0.2, 0.25) is 0 Å². The number of para-hydroxylation sites is 4. The van der Waals surface area contributed by atoms with Crippen LogP contribution in [0.25, 0.3) is 88.6 Å². The standard InChI is InChI=1S/2C27H27FN6O2.C27H28N6O2.C25H26N6O.4H2S/c2*1-15(18-6-5-7-19-23(26(35)29-4)20(28)12-31-24(18)19)10-30-22-9-21(33-14-34-22)16-8-17-13-36-27(2,3)25(17)32-11-16;1-16(19-6-5-7-20-21(26(34)28-4)8-9-29-24(19)20)12-30-23-11-22(32-15-33-23)17-10-18-14-35-27(2,3)25(18)31-13-17;1-15(12-28-23-11-22(29-14-30-23)18-9-8-16(2)27-13-18)19-6-5-7-20-21(25(32)26-4)10-17(3)31-24(19)20;;;;/h2*5-9,11-12,14-15H,10,13H2,1-4H3,(H,29,35)(H,30,33,34);5-11,13,15-16H,12,14H2,1-4H3,(H,28,34)(H,30,32,33);5-11,13-15H,12H2,1-4H3,(H,26,32)(H,28,29,30);4*1H2/t2*15-;16-;15-;;;;/m1111..../s1. The van der Waals surface area contributed by atoms with E-state index in [4.69, 9.17) is 19.2 Å². The number of carbonyl (C=O) groups excluding carboxylic acids is 4. The molecule has 0 spiro atoms. The molecule has 0 bridgehead atoms. The van der Waals surface area contributed by atoms with Gasteiger partial charge in [-0.15, -0.1) is 0 Å². The number of nitrogens with one attached hydrogen (secondary N) is 8. The van der Waals surface area contributed by atoms with E-state index in [9.17, 15) is 28.0 Å². The number of pyridine rings is 8. The smallest absolute Gasteiger partial charge is 0.254 e. The molecule has 4 aromatic carbocycles. The first-order chi connectivity index (χ1) is 66.9. The third-order valence-electron chi connectivity index (χ3n) is 25.0. The highest BCUT2D eigenvalue weighted by molar-refractivity contribution is 7.59. The van der Waals surface area contributed by atoms with Crippen LogP contribution in [0.1, 0.15) is 202 Å². The molecule has 4 amide bonds. The summed E-state index contributed by atoms with van der Waals surface area (Å²) in [4.78, 5) is 121. The molecule has 3 aliphatic rings. The molecule has 16 aromatic rings. The Bertz CT molecular complexity index is 7160. The number of aromatic nitrogens is 16. The number of benzene rings is 4. The van der Waals surface area contributed by atoms with Crippen LogP contribution in [0, 0.1) is 25.5 Å². The van der Waals surface area contributed by atoms with Crippen molar-refractivity contribution in [3.05, 3.63) is 310 Å². The molecule has 3 aliphatic heterocycles. The average molecular weight is 2000 g/mol. The first-order valence-electron chi connectivity index (χ1n) is 45.8.